The minimum atomic E-state index is 0.00712. The third-order valence-corrected chi connectivity index (χ3v) is 4.30. The van der Waals surface area contributed by atoms with Gasteiger partial charge in [-0.25, -0.2) is 0 Å². The van der Waals surface area contributed by atoms with Crippen LogP contribution in [0, 0.1) is 20.8 Å². The second-order valence-electron chi connectivity index (χ2n) is 6.41. The molecule has 0 amide bonds. The molecule has 0 unspecified atom stereocenters. The minimum absolute atomic E-state index is 0.00712. The summed E-state index contributed by atoms with van der Waals surface area (Å²) in [4.78, 5) is 12.5. The van der Waals surface area contributed by atoms with Gasteiger partial charge in [0, 0.05) is 11.1 Å². The van der Waals surface area contributed by atoms with Gasteiger partial charge in [0.1, 0.15) is 17.2 Å². The Morgan fingerprint density at radius 3 is 1.73 bits per heavy atom. The van der Waals surface area contributed by atoms with Gasteiger partial charge in [0.25, 0.3) is 0 Å². The fourth-order valence-electron chi connectivity index (χ4n) is 2.97. The molecule has 3 aromatic carbocycles. The number of hydrogen-bond acceptors (Lipinski definition) is 3. The Balaban J connectivity index is 1.78. The van der Waals surface area contributed by atoms with Crippen molar-refractivity contribution in [3.05, 3.63) is 88.5 Å². The largest absolute Gasteiger partial charge is 0.496 e. The summed E-state index contributed by atoms with van der Waals surface area (Å²) in [5.74, 6) is 2.32. The van der Waals surface area contributed by atoms with Crippen molar-refractivity contribution < 1.29 is 14.3 Å². The molecule has 0 saturated heterocycles. The molecule has 26 heavy (non-hydrogen) atoms. The molecule has 0 heterocycles. The molecule has 0 atom stereocenters. The molecule has 0 saturated carbocycles. The van der Waals surface area contributed by atoms with Gasteiger partial charge in [-0.2, -0.15) is 0 Å². The van der Waals surface area contributed by atoms with E-state index in [0.29, 0.717) is 16.9 Å². The summed E-state index contributed by atoms with van der Waals surface area (Å²) in [6.45, 7) is 5.98. The number of hydrogen-bond donors (Lipinski definition) is 0. The number of benzene rings is 3. The first kappa shape index (κ1) is 17.7. The van der Waals surface area contributed by atoms with Crippen molar-refractivity contribution in [2.75, 3.05) is 7.11 Å². The van der Waals surface area contributed by atoms with Crippen LogP contribution in [0.4, 0.5) is 0 Å². The van der Waals surface area contributed by atoms with E-state index in [1.165, 1.54) is 0 Å². The van der Waals surface area contributed by atoms with E-state index in [-0.39, 0.29) is 5.78 Å². The van der Waals surface area contributed by atoms with Crippen molar-refractivity contribution in [2.45, 2.75) is 20.8 Å². The Hall–Kier alpha value is -3.07. The van der Waals surface area contributed by atoms with E-state index >= 15 is 0 Å². The summed E-state index contributed by atoms with van der Waals surface area (Å²) < 4.78 is 11.3. The molecule has 0 fully saturated rings. The molecular weight excluding hydrogens is 324 g/mol. The van der Waals surface area contributed by atoms with Crippen LogP contribution >= 0.6 is 0 Å². The van der Waals surface area contributed by atoms with Gasteiger partial charge in [0.05, 0.1) is 7.11 Å². The van der Waals surface area contributed by atoms with E-state index < -0.39 is 0 Å². The summed E-state index contributed by atoms with van der Waals surface area (Å²) in [6.07, 6.45) is 0. The van der Waals surface area contributed by atoms with Gasteiger partial charge >= 0.3 is 0 Å². The lowest BCUT2D eigenvalue weighted by Gasteiger charge is -2.12. The zero-order valence-electron chi connectivity index (χ0n) is 15.5. The van der Waals surface area contributed by atoms with Crippen molar-refractivity contribution >= 4 is 5.78 Å². The molecule has 0 N–H and O–H groups in total. The van der Waals surface area contributed by atoms with Gasteiger partial charge in [-0.15, -0.1) is 0 Å². The normalized spacial score (nSPS) is 10.5. The number of carbonyl (C=O) groups is 1. The molecule has 0 radical (unpaired) electrons. The first-order chi connectivity index (χ1) is 12.5. The highest BCUT2D eigenvalue weighted by Gasteiger charge is 2.10. The summed E-state index contributed by atoms with van der Waals surface area (Å²) in [6, 6.07) is 18.7. The molecule has 132 valence electrons. The molecule has 0 aromatic heterocycles. The lowest BCUT2D eigenvalue weighted by Crippen LogP contribution is -2.01. The Morgan fingerprint density at radius 1 is 0.731 bits per heavy atom. The molecular formula is C23H22O3. The summed E-state index contributed by atoms with van der Waals surface area (Å²) in [7, 11) is 1.67. The topological polar surface area (TPSA) is 35.5 Å². The van der Waals surface area contributed by atoms with Crippen molar-refractivity contribution in [3.63, 3.8) is 0 Å². The molecule has 0 aliphatic rings. The van der Waals surface area contributed by atoms with Gasteiger partial charge in [0.2, 0.25) is 0 Å². The van der Waals surface area contributed by atoms with E-state index in [0.717, 1.165) is 28.2 Å². The monoisotopic (exact) mass is 346 g/mol. The number of rotatable bonds is 5. The first-order valence-electron chi connectivity index (χ1n) is 8.52. The summed E-state index contributed by atoms with van der Waals surface area (Å²) in [5.41, 5.74) is 4.51. The van der Waals surface area contributed by atoms with Gasteiger partial charge in [-0.3, -0.25) is 4.79 Å². The maximum atomic E-state index is 12.5. The molecule has 0 aliphatic heterocycles. The van der Waals surface area contributed by atoms with Crippen LogP contribution in [0.5, 0.6) is 17.2 Å². The average molecular weight is 346 g/mol. The number of ether oxygens (including phenoxy) is 2. The highest BCUT2D eigenvalue weighted by atomic mass is 16.5. The zero-order valence-corrected chi connectivity index (χ0v) is 15.5. The summed E-state index contributed by atoms with van der Waals surface area (Å²) >= 11 is 0. The lowest BCUT2D eigenvalue weighted by molar-refractivity contribution is 0.103. The molecule has 0 spiro atoms. The number of aryl methyl sites for hydroxylation is 3. The quantitative estimate of drug-likeness (QED) is 0.561. The molecule has 0 aliphatic carbocycles. The molecule has 0 bridgehead atoms. The summed E-state index contributed by atoms with van der Waals surface area (Å²) in [5, 5.41) is 0. The van der Waals surface area contributed by atoms with Gasteiger partial charge in [0.15, 0.2) is 5.78 Å². The Labute approximate surface area is 154 Å². The maximum absolute atomic E-state index is 12.5. The van der Waals surface area contributed by atoms with Gasteiger partial charge in [-0.05, 0) is 68.3 Å². The molecule has 3 aromatic rings. The highest BCUT2D eigenvalue weighted by molar-refractivity contribution is 6.09. The van der Waals surface area contributed by atoms with Crippen LogP contribution in [0.15, 0.2) is 60.7 Å². The molecule has 3 heteroatoms. The Morgan fingerprint density at radius 2 is 1.23 bits per heavy atom. The Kier molecular flexibility index (Phi) is 5.08. The third-order valence-electron chi connectivity index (χ3n) is 4.30. The molecule has 3 nitrogen and oxygen atoms in total. The second-order valence-corrected chi connectivity index (χ2v) is 6.41. The van der Waals surface area contributed by atoms with Crippen molar-refractivity contribution in [1.82, 2.24) is 0 Å². The fraction of sp³-hybridized carbons (Fsp3) is 0.174. The van der Waals surface area contributed by atoms with Crippen LogP contribution in [0.3, 0.4) is 0 Å². The smallest absolute Gasteiger partial charge is 0.193 e. The third kappa shape index (κ3) is 3.77. The fourth-order valence-corrected chi connectivity index (χ4v) is 2.97. The van der Waals surface area contributed by atoms with Crippen LogP contribution in [0.1, 0.15) is 32.6 Å². The predicted molar refractivity (Wildman–Crippen MR) is 104 cm³/mol. The van der Waals surface area contributed by atoms with E-state index in [1.54, 1.807) is 19.2 Å². The Bertz CT molecular complexity index is 900. The molecule has 3 rings (SSSR count). The second kappa shape index (κ2) is 7.44. The minimum Gasteiger partial charge on any atom is -0.496 e. The number of carbonyl (C=O) groups excluding carboxylic acids is 1. The van der Waals surface area contributed by atoms with Crippen molar-refractivity contribution in [1.29, 1.82) is 0 Å². The lowest BCUT2D eigenvalue weighted by atomic mass is 10.0. The van der Waals surface area contributed by atoms with E-state index in [1.807, 2.05) is 69.3 Å². The van der Waals surface area contributed by atoms with Gasteiger partial charge in [-0.1, -0.05) is 29.8 Å². The van der Waals surface area contributed by atoms with Crippen LogP contribution < -0.4 is 9.47 Å². The number of ketones is 1. The first-order valence-corrected chi connectivity index (χ1v) is 8.52. The average Bonchev–Trinajstić information content (AvgIpc) is 2.62. The number of methoxy groups -OCH3 is 1. The van der Waals surface area contributed by atoms with Gasteiger partial charge < -0.3 is 9.47 Å². The van der Waals surface area contributed by atoms with Crippen LogP contribution in [-0.4, -0.2) is 12.9 Å². The van der Waals surface area contributed by atoms with Crippen LogP contribution in [-0.2, 0) is 0 Å². The SMILES string of the molecule is COc1c(C)cc(Oc2ccc(C(=O)c3ccc(C)cc3)cc2)cc1C. The van der Waals surface area contributed by atoms with Crippen LogP contribution in [0.2, 0.25) is 0 Å². The van der Waals surface area contributed by atoms with E-state index in [4.69, 9.17) is 9.47 Å². The zero-order chi connectivity index (χ0) is 18.7. The predicted octanol–water partition coefficient (Wildman–Crippen LogP) is 5.64. The van der Waals surface area contributed by atoms with Crippen LogP contribution in [0.25, 0.3) is 0 Å². The van der Waals surface area contributed by atoms with Crippen molar-refractivity contribution in [3.8, 4) is 17.2 Å². The van der Waals surface area contributed by atoms with E-state index in [2.05, 4.69) is 0 Å². The highest BCUT2D eigenvalue weighted by Crippen LogP contribution is 2.31. The van der Waals surface area contributed by atoms with E-state index in [9.17, 15) is 4.79 Å². The maximum Gasteiger partial charge on any atom is 0.193 e. The van der Waals surface area contributed by atoms with Crippen molar-refractivity contribution in [2.24, 2.45) is 0 Å². The standard InChI is InChI=1S/C23H22O3/c1-15-5-7-18(8-6-15)22(24)19-9-11-20(12-10-19)26-21-13-16(2)23(25-4)17(3)14-21/h5-14H,1-4H3.